The molecule has 0 fully saturated rings. The number of amides is 1. The molecule has 0 aliphatic carbocycles. The molecule has 4 nitrogen and oxygen atoms in total. The summed E-state index contributed by atoms with van der Waals surface area (Å²) >= 11 is -1.46. The third-order valence-corrected chi connectivity index (χ3v) is 9.89. The molecule has 0 aliphatic rings. The van der Waals surface area contributed by atoms with Crippen molar-refractivity contribution in [1.29, 1.82) is 0 Å². The topological polar surface area (TPSA) is 66.4 Å². The number of rotatable bonds is 4. The van der Waals surface area contributed by atoms with Crippen molar-refractivity contribution in [3.63, 3.8) is 0 Å². The second-order valence-electron chi connectivity index (χ2n) is 4.45. The fraction of sp³-hybridized carbons (Fsp3) is 0.0667. The number of hydrogen-bond acceptors (Lipinski definition) is 2. The van der Waals surface area contributed by atoms with Gasteiger partial charge in [-0.15, -0.1) is 0 Å². The molecule has 20 heavy (non-hydrogen) atoms. The summed E-state index contributed by atoms with van der Waals surface area (Å²) in [6, 6.07) is 14.8. The van der Waals surface area contributed by atoms with Gasteiger partial charge in [0.15, 0.2) is 0 Å². The van der Waals surface area contributed by atoms with Crippen LogP contribution < -0.4 is 11.5 Å². The summed E-state index contributed by atoms with van der Waals surface area (Å²) in [5, 5.41) is 11.4. The number of aromatic carboxylic acids is 1. The molecule has 2 aromatic carbocycles. The molecule has 98 valence electrons. The van der Waals surface area contributed by atoms with Crippen molar-refractivity contribution in [3.05, 3.63) is 59.7 Å². The summed E-state index contributed by atoms with van der Waals surface area (Å²) in [5.74, 6) is -0.984. The van der Waals surface area contributed by atoms with E-state index < -0.39 is 30.5 Å². The molecule has 5 heteroatoms. The van der Waals surface area contributed by atoms with Crippen molar-refractivity contribution in [3.8, 4) is 0 Å². The van der Waals surface area contributed by atoms with Crippen LogP contribution in [0.5, 0.6) is 0 Å². The molecule has 0 heterocycles. The third kappa shape index (κ3) is 3.66. The third-order valence-electron chi connectivity index (χ3n) is 3.05. The van der Waals surface area contributed by atoms with Gasteiger partial charge in [0.1, 0.15) is 0 Å². The molecule has 2 rings (SSSR count). The summed E-state index contributed by atoms with van der Waals surface area (Å²) in [6.45, 7) is 0. The van der Waals surface area contributed by atoms with Crippen molar-refractivity contribution in [1.82, 2.24) is 5.32 Å². The number of benzene rings is 2. The molecule has 0 spiro atoms. The fourth-order valence-corrected chi connectivity index (χ4v) is 7.42. The second-order valence-corrected chi connectivity index (χ2v) is 12.2. The average Bonchev–Trinajstić information content (AvgIpc) is 2.48. The van der Waals surface area contributed by atoms with E-state index in [2.05, 4.69) is 5.32 Å². The Morgan fingerprint density at radius 1 is 0.900 bits per heavy atom. The van der Waals surface area contributed by atoms with E-state index in [0.29, 0.717) is 11.1 Å². The number of carbonyl (C=O) groups is 2. The van der Waals surface area contributed by atoms with E-state index in [0.717, 1.165) is 0 Å². The van der Waals surface area contributed by atoms with Crippen molar-refractivity contribution >= 4 is 18.0 Å². The van der Waals surface area contributed by atoms with Gasteiger partial charge in [0.2, 0.25) is 0 Å². The Kier molecular flexibility index (Phi) is 4.90. The molecular weight excluding hydrogens is 443 g/mol. The molecule has 0 saturated carbocycles. The van der Waals surface area contributed by atoms with Crippen LogP contribution in [-0.2, 0) is 24.6 Å². The first kappa shape index (κ1) is 14.7. The van der Waals surface area contributed by atoms with Crippen LogP contribution in [0.25, 0.3) is 0 Å². The van der Waals surface area contributed by atoms with E-state index in [1.165, 1.54) is 6.14 Å². The maximum atomic E-state index is 11.4. The zero-order valence-corrected chi connectivity index (χ0v) is 16.6. The Hall–Kier alpha value is -1.68. The molecular formula is C15H13HgNO3. The molecule has 0 unspecified atom stereocenters. The van der Waals surface area contributed by atoms with E-state index in [1.807, 2.05) is 36.4 Å². The van der Waals surface area contributed by atoms with Gasteiger partial charge in [-0.1, -0.05) is 0 Å². The first-order chi connectivity index (χ1) is 9.60. The van der Waals surface area contributed by atoms with Crippen LogP contribution >= 0.6 is 0 Å². The first-order valence-electron chi connectivity index (χ1n) is 6.23. The molecule has 0 saturated heterocycles. The van der Waals surface area contributed by atoms with Crippen molar-refractivity contribution < 1.29 is 39.3 Å². The number of carboxylic acid groups (broad SMARTS) is 1. The SMILES string of the molecule is CNC(=O)c1cc[c]([Hg][c]2ccc(C(=O)O)cc2)cc1. The van der Waals surface area contributed by atoms with E-state index in [9.17, 15) is 9.59 Å². The number of carboxylic acids is 1. The summed E-state index contributed by atoms with van der Waals surface area (Å²) in [4.78, 5) is 22.2. The minimum absolute atomic E-state index is 0.0842. The molecule has 0 aliphatic heterocycles. The van der Waals surface area contributed by atoms with Crippen molar-refractivity contribution in [2.24, 2.45) is 0 Å². The maximum absolute atomic E-state index is 11.4. The average molecular weight is 456 g/mol. The Bertz CT molecular complexity index is 621. The monoisotopic (exact) mass is 457 g/mol. The number of carbonyl (C=O) groups excluding carboxylic acids is 1. The Labute approximate surface area is 129 Å². The molecule has 0 bridgehead atoms. The van der Waals surface area contributed by atoms with Gasteiger partial charge in [0.25, 0.3) is 0 Å². The molecule has 0 aromatic heterocycles. The van der Waals surface area contributed by atoms with Crippen LogP contribution in [0.1, 0.15) is 20.7 Å². The molecule has 1 amide bonds. The van der Waals surface area contributed by atoms with E-state index in [1.54, 1.807) is 19.2 Å². The van der Waals surface area contributed by atoms with Gasteiger partial charge in [0, 0.05) is 0 Å². The van der Waals surface area contributed by atoms with Crippen LogP contribution in [0.3, 0.4) is 0 Å². The summed E-state index contributed by atoms with van der Waals surface area (Å²) in [5.41, 5.74) is 0.975. The zero-order chi connectivity index (χ0) is 14.5. The number of hydrogen-bond donors (Lipinski definition) is 2. The van der Waals surface area contributed by atoms with Crippen LogP contribution in [0.4, 0.5) is 0 Å². The van der Waals surface area contributed by atoms with Gasteiger partial charge in [-0.2, -0.15) is 0 Å². The van der Waals surface area contributed by atoms with Gasteiger partial charge in [0.05, 0.1) is 0 Å². The van der Waals surface area contributed by atoms with Crippen molar-refractivity contribution in [2.45, 2.75) is 0 Å². The molecule has 2 aromatic rings. The van der Waals surface area contributed by atoms with Crippen LogP contribution in [-0.4, -0.2) is 24.0 Å². The van der Waals surface area contributed by atoms with Crippen LogP contribution in [0.2, 0.25) is 0 Å². The summed E-state index contributed by atoms with van der Waals surface area (Å²) in [6.07, 6.45) is 0. The van der Waals surface area contributed by atoms with Gasteiger partial charge in [-0.3, -0.25) is 0 Å². The number of nitrogens with one attached hydrogen (secondary N) is 1. The second kappa shape index (κ2) is 6.66. The van der Waals surface area contributed by atoms with E-state index in [-0.39, 0.29) is 5.91 Å². The van der Waals surface area contributed by atoms with E-state index >= 15 is 0 Å². The summed E-state index contributed by atoms with van der Waals surface area (Å²) < 4.78 is 2.54. The van der Waals surface area contributed by atoms with Gasteiger partial charge in [-0.05, 0) is 0 Å². The molecule has 0 atom stereocenters. The van der Waals surface area contributed by atoms with Gasteiger partial charge < -0.3 is 0 Å². The predicted octanol–water partition coefficient (Wildman–Crippen LogP) is 0.778. The predicted molar refractivity (Wildman–Crippen MR) is 72.5 cm³/mol. The standard InChI is InChI=1S/C8H8NO.C7H5O2.Hg/c1-9-8(10)7-5-3-2-4-6-7;8-7(9)6-4-2-1-3-5-6;/h3-6H,1H3,(H,9,10);2-5H,(H,8,9);. The van der Waals surface area contributed by atoms with Crippen LogP contribution in [0.15, 0.2) is 48.5 Å². The minimum atomic E-state index is -1.46. The van der Waals surface area contributed by atoms with Gasteiger partial charge in [-0.25, -0.2) is 0 Å². The van der Waals surface area contributed by atoms with E-state index in [4.69, 9.17) is 5.11 Å². The molecule has 0 radical (unpaired) electrons. The quantitative estimate of drug-likeness (QED) is 0.670. The Morgan fingerprint density at radius 2 is 1.35 bits per heavy atom. The normalized spacial score (nSPS) is 9.65. The first-order valence-corrected chi connectivity index (χ1v) is 11.7. The summed E-state index contributed by atoms with van der Waals surface area (Å²) in [7, 11) is 1.61. The van der Waals surface area contributed by atoms with Crippen LogP contribution in [0, 0.1) is 0 Å². The van der Waals surface area contributed by atoms with Gasteiger partial charge >= 0.3 is 129 Å². The Morgan fingerprint density at radius 3 is 1.75 bits per heavy atom. The zero-order valence-electron chi connectivity index (χ0n) is 11.1. The molecule has 2 N–H and O–H groups in total. The fourth-order valence-electron chi connectivity index (χ4n) is 1.92. The van der Waals surface area contributed by atoms with Crippen molar-refractivity contribution in [2.75, 3.05) is 7.05 Å². The Balaban J connectivity index is 2.10.